The number of benzene rings is 2. The third kappa shape index (κ3) is 9.24. The minimum absolute atomic E-state index is 0.228. The first kappa shape index (κ1) is 35.6. The van der Waals surface area contributed by atoms with Crippen LogP contribution in [0.3, 0.4) is 0 Å². The Hall–Kier alpha value is -2.74. The molecule has 4 saturated heterocycles. The van der Waals surface area contributed by atoms with Crippen LogP contribution < -0.4 is 15.1 Å². The van der Waals surface area contributed by atoms with Crippen LogP contribution in [0.1, 0.15) is 47.9 Å². The Balaban J connectivity index is 0.000000186. The van der Waals surface area contributed by atoms with Gasteiger partial charge in [0.1, 0.15) is 0 Å². The maximum Gasteiger partial charge on any atom is 0.416 e. The predicted molar refractivity (Wildman–Crippen MR) is 172 cm³/mol. The van der Waals surface area contributed by atoms with Gasteiger partial charge in [-0.1, -0.05) is 12.1 Å². The van der Waals surface area contributed by atoms with Gasteiger partial charge < -0.3 is 20.0 Å². The second-order valence-electron chi connectivity index (χ2n) is 12.5. The maximum atomic E-state index is 13.5. The molecule has 0 aromatic heterocycles. The van der Waals surface area contributed by atoms with Crippen molar-refractivity contribution in [3.8, 4) is 0 Å². The monoisotopic (exact) mass is 688 g/mol. The van der Waals surface area contributed by atoms with E-state index in [0.717, 1.165) is 89.8 Å². The SMILES string of the molecule is FC(F)(F)c1cccc(N2CCCC2)c1CN1CCNCC1.O=C(Cl)N1CCN(Cc2c(N3CCCC3)cccc2C(F)(F)F)CC1. The molecule has 4 fully saturated rings. The average Bonchev–Trinajstić information content (AvgIpc) is 3.77. The largest absolute Gasteiger partial charge is 0.416 e. The van der Waals surface area contributed by atoms with Crippen LogP contribution in [0.2, 0.25) is 0 Å². The smallest absolute Gasteiger partial charge is 0.371 e. The molecule has 0 aliphatic carbocycles. The van der Waals surface area contributed by atoms with Crippen molar-refractivity contribution in [2.75, 3.05) is 88.3 Å². The minimum Gasteiger partial charge on any atom is -0.371 e. The predicted octanol–water partition coefficient (Wildman–Crippen LogP) is 6.49. The van der Waals surface area contributed by atoms with E-state index >= 15 is 0 Å². The number of hydrogen-bond donors (Lipinski definition) is 1. The number of anilines is 2. The third-order valence-corrected chi connectivity index (χ3v) is 9.64. The van der Waals surface area contributed by atoms with E-state index in [1.54, 1.807) is 6.07 Å². The molecule has 4 heterocycles. The molecule has 4 aliphatic rings. The summed E-state index contributed by atoms with van der Waals surface area (Å²) in [6.07, 6.45) is -4.54. The summed E-state index contributed by atoms with van der Waals surface area (Å²) in [6, 6.07) is 9.04. The van der Waals surface area contributed by atoms with Crippen LogP contribution in [0, 0.1) is 0 Å². The van der Waals surface area contributed by atoms with Crippen LogP contribution in [-0.4, -0.2) is 98.6 Å². The summed E-state index contributed by atoms with van der Waals surface area (Å²) in [4.78, 5) is 20.9. The Labute approximate surface area is 277 Å². The molecule has 0 radical (unpaired) electrons. The second-order valence-corrected chi connectivity index (χ2v) is 12.9. The van der Waals surface area contributed by atoms with Gasteiger partial charge in [-0.25, -0.2) is 0 Å². The standard InChI is InChI=1S/C17H21ClF3N3O.C16H22F3N3/c18-16(25)24-10-8-22(9-11-24)12-13-14(17(19,20)21)4-3-5-15(13)23-6-1-2-7-23;17-16(18,19)14-4-3-5-15(22-8-1-2-9-22)13(14)12-21-10-6-20-7-11-21/h3-5H,1-2,6-12H2;3-5,20H,1-2,6-12H2. The van der Waals surface area contributed by atoms with Crippen molar-refractivity contribution in [1.82, 2.24) is 20.0 Å². The molecule has 6 rings (SSSR count). The quantitative estimate of drug-likeness (QED) is 0.213. The highest BCUT2D eigenvalue weighted by atomic mass is 35.5. The molecule has 1 amide bonds. The van der Waals surface area contributed by atoms with Crippen LogP contribution in [-0.2, 0) is 25.4 Å². The molecule has 4 aliphatic heterocycles. The van der Waals surface area contributed by atoms with Crippen molar-refractivity contribution in [1.29, 1.82) is 0 Å². The summed E-state index contributed by atoms with van der Waals surface area (Å²) in [6.45, 7) is 9.10. The molecule has 14 heteroatoms. The minimum atomic E-state index is -4.38. The summed E-state index contributed by atoms with van der Waals surface area (Å²) in [7, 11) is 0. The van der Waals surface area contributed by atoms with Crippen molar-refractivity contribution in [3.63, 3.8) is 0 Å². The zero-order valence-corrected chi connectivity index (χ0v) is 27.2. The van der Waals surface area contributed by atoms with Crippen LogP contribution in [0.4, 0.5) is 42.5 Å². The average molecular weight is 689 g/mol. The molecule has 260 valence electrons. The first-order chi connectivity index (χ1) is 22.4. The molecule has 0 saturated carbocycles. The maximum absolute atomic E-state index is 13.5. The number of rotatable bonds is 6. The lowest BCUT2D eigenvalue weighted by molar-refractivity contribution is -0.139. The molecule has 2 aromatic rings. The lowest BCUT2D eigenvalue weighted by Gasteiger charge is -2.35. The normalized spacial score (nSPS) is 20.0. The molecular weight excluding hydrogens is 646 g/mol. The van der Waals surface area contributed by atoms with Crippen LogP contribution >= 0.6 is 11.6 Å². The molecule has 0 atom stereocenters. The Morgan fingerprint density at radius 2 is 1.02 bits per heavy atom. The van der Waals surface area contributed by atoms with Gasteiger partial charge in [-0.15, -0.1) is 0 Å². The van der Waals surface area contributed by atoms with Crippen molar-refractivity contribution >= 4 is 28.3 Å². The van der Waals surface area contributed by atoms with E-state index in [4.69, 9.17) is 11.6 Å². The summed E-state index contributed by atoms with van der Waals surface area (Å²) < 4.78 is 80.9. The highest BCUT2D eigenvalue weighted by Gasteiger charge is 2.37. The Bertz CT molecular complexity index is 1330. The first-order valence-corrected chi connectivity index (χ1v) is 16.8. The van der Waals surface area contributed by atoms with Gasteiger partial charge in [0.2, 0.25) is 0 Å². The zero-order valence-electron chi connectivity index (χ0n) is 26.5. The number of alkyl halides is 6. The van der Waals surface area contributed by atoms with Crippen molar-refractivity contribution in [2.24, 2.45) is 0 Å². The number of piperazine rings is 2. The van der Waals surface area contributed by atoms with Gasteiger partial charge in [-0.3, -0.25) is 14.6 Å². The van der Waals surface area contributed by atoms with Gasteiger partial charge in [-0.05, 0) is 61.5 Å². The molecule has 0 unspecified atom stereocenters. The fraction of sp³-hybridized carbons (Fsp3) is 0.606. The van der Waals surface area contributed by atoms with Crippen LogP contribution in [0.5, 0.6) is 0 Å². The lowest BCUT2D eigenvalue weighted by atomic mass is 10.0. The van der Waals surface area contributed by atoms with Gasteiger partial charge in [0.05, 0.1) is 11.1 Å². The topological polar surface area (TPSA) is 45.3 Å². The number of carbonyl (C=O) groups excluding carboxylic acids is 1. The fourth-order valence-corrected chi connectivity index (χ4v) is 7.09. The van der Waals surface area contributed by atoms with Gasteiger partial charge in [0.25, 0.3) is 0 Å². The molecule has 0 bridgehead atoms. The number of amides is 1. The number of hydrogen-bond acceptors (Lipinski definition) is 6. The molecule has 47 heavy (non-hydrogen) atoms. The summed E-state index contributed by atoms with van der Waals surface area (Å²) in [5.74, 6) is 0. The Morgan fingerprint density at radius 1 is 0.617 bits per heavy atom. The van der Waals surface area contributed by atoms with E-state index in [0.29, 0.717) is 49.5 Å². The highest BCUT2D eigenvalue weighted by Crippen LogP contribution is 2.39. The number of halogens is 7. The van der Waals surface area contributed by atoms with Gasteiger partial charge in [0.15, 0.2) is 0 Å². The van der Waals surface area contributed by atoms with Gasteiger partial charge >= 0.3 is 17.7 Å². The first-order valence-electron chi connectivity index (χ1n) is 16.4. The highest BCUT2D eigenvalue weighted by molar-refractivity contribution is 6.62. The molecular formula is C33H43ClF6N6O. The lowest BCUT2D eigenvalue weighted by Crippen LogP contribution is -2.47. The summed E-state index contributed by atoms with van der Waals surface area (Å²) >= 11 is 5.47. The van der Waals surface area contributed by atoms with Gasteiger partial charge in [0, 0.05) is 114 Å². The summed E-state index contributed by atoms with van der Waals surface area (Å²) in [5.41, 5.74) is 1.19. The van der Waals surface area contributed by atoms with E-state index in [-0.39, 0.29) is 6.54 Å². The van der Waals surface area contributed by atoms with E-state index in [1.165, 1.54) is 23.1 Å². The number of nitrogens with zero attached hydrogens (tertiary/aromatic N) is 5. The van der Waals surface area contributed by atoms with E-state index < -0.39 is 28.8 Å². The second kappa shape index (κ2) is 15.7. The zero-order chi connectivity index (χ0) is 33.6. The van der Waals surface area contributed by atoms with Crippen molar-refractivity contribution in [3.05, 3.63) is 58.7 Å². The fourth-order valence-electron chi connectivity index (χ4n) is 6.92. The Morgan fingerprint density at radius 3 is 1.40 bits per heavy atom. The molecule has 0 spiro atoms. The molecule has 1 N–H and O–H groups in total. The number of nitrogens with one attached hydrogen (secondary N) is 1. The third-order valence-electron chi connectivity index (χ3n) is 9.40. The van der Waals surface area contributed by atoms with Gasteiger partial charge in [-0.2, -0.15) is 26.3 Å². The number of carbonyl (C=O) groups is 1. The molecule has 2 aromatic carbocycles. The van der Waals surface area contributed by atoms with Crippen LogP contribution in [0.25, 0.3) is 0 Å². The Kier molecular flexibility index (Phi) is 11.8. The van der Waals surface area contributed by atoms with Crippen molar-refractivity contribution in [2.45, 2.75) is 51.1 Å². The van der Waals surface area contributed by atoms with E-state index in [2.05, 4.69) is 15.1 Å². The summed E-state index contributed by atoms with van der Waals surface area (Å²) in [5, 5.41) is 2.73. The van der Waals surface area contributed by atoms with Crippen molar-refractivity contribution < 1.29 is 31.1 Å². The van der Waals surface area contributed by atoms with E-state index in [9.17, 15) is 31.1 Å². The van der Waals surface area contributed by atoms with E-state index in [1.807, 2.05) is 15.9 Å². The molecule has 7 nitrogen and oxygen atoms in total. The van der Waals surface area contributed by atoms with Crippen LogP contribution in [0.15, 0.2) is 36.4 Å².